The molecule has 0 aromatic heterocycles. The largest absolute Gasteiger partial charge is 0.392 e. The van der Waals surface area contributed by atoms with Gasteiger partial charge in [0.15, 0.2) is 0 Å². The summed E-state index contributed by atoms with van der Waals surface area (Å²) in [6.07, 6.45) is -0.461. The predicted molar refractivity (Wildman–Crippen MR) is 60.6 cm³/mol. The van der Waals surface area contributed by atoms with Crippen molar-refractivity contribution in [3.8, 4) is 0 Å². The van der Waals surface area contributed by atoms with Gasteiger partial charge in [0.25, 0.3) is 0 Å². The van der Waals surface area contributed by atoms with Crippen LogP contribution in [-0.2, 0) is 0 Å². The molecule has 1 fully saturated rings. The molecular formula is C11H25N2O2+. The Kier molecular flexibility index (Phi) is 4.52. The molecule has 2 N–H and O–H groups in total. The second kappa shape index (κ2) is 5.25. The van der Waals surface area contributed by atoms with Crippen LogP contribution in [0.4, 0.5) is 0 Å². The monoisotopic (exact) mass is 217 g/mol. The lowest BCUT2D eigenvalue weighted by molar-refractivity contribution is -0.916. The summed E-state index contributed by atoms with van der Waals surface area (Å²) in [5.41, 5.74) is 0. The Morgan fingerprint density at radius 1 is 1.13 bits per heavy atom. The zero-order valence-electron chi connectivity index (χ0n) is 10.2. The topological polar surface area (TPSA) is 43.7 Å². The standard InChI is InChI=1S/C11H25N2O2/c1-10(14)8-12-4-6-13(3,7-5-12)9-11(2)15/h10-11,14-15H,4-9H2,1-3H3/q+1. The average Bonchev–Trinajstić information content (AvgIpc) is 2.07. The van der Waals surface area contributed by atoms with Gasteiger partial charge in [-0.2, -0.15) is 0 Å². The molecule has 0 aromatic rings. The van der Waals surface area contributed by atoms with E-state index in [1.165, 1.54) is 0 Å². The van der Waals surface area contributed by atoms with Gasteiger partial charge in [0.2, 0.25) is 0 Å². The smallest absolute Gasteiger partial charge is 0.105 e. The highest BCUT2D eigenvalue weighted by Gasteiger charge is 2.29. The van der Waals surface area contributed by atoms with Gasteiger partial charge in [-0.15, -0.1) is 0 Å². The van der Waals surface area contributed by atoms with Crippen molar-refractivity contribution in [3.05, 3.63) is 0 Å². The maximum absolute atomic E-state index is 9.41. The molecular weight excluding hydrogens is 192 g/mol. The minimum atomic E-state index is -0.237. The third kappa shape index (κ3) is 4.47. The van der Waals surface area contributed by atoms with Crippen LogP contribution >= 0.6 is 0 Å². The lowest BCUT2D eigenvalue weighted by Gasteiger charge is -2.42. The first kappa shape index (κ1) is 12.9. The zero-order chi connectivity index (χ0) is 11.5. The number of aliphatic hydroxyl groups is 2. The molecule has 0 aliphatic carbocycles. The third-order valence-electron chi connectivity index (χ3n) is 3.14. The van der Waals surface area contributed by atoms with Crippen molar-refractivity contribution in [1.29, 1.82) is 0 Å². The van der Waals surface area contributed by atoms with Crippen molar-refractivity contribution in [2.75, 3.05) is 46.3 Å². The molecule has 90 valence electrons. The molecule has 1 aliphatic rings. The SMILES string of the molecule is CC(O)CN1CC[N+](C)(CC(C)O)CC1. The van der Waals surface area contributed by atoms with Crippen LogP contribution in [0.1, 0.15) is 13.8 Å². The minimum Gasteiger partial charge on any atom is -0.392 e. The fourth-order valence-corrected chi connectivity index (χ4v) is 2.37. The molecule has 1 saturated heterocycles. The van der Waals surface area contributed by atoms with Crippen molar-refractivity contribution < 1.29 is 14.7 Å². The summed E-state index contributed by atoms with van der Waals surface area (Å²) in [4.78, 5) is 2.30. The van der Waals surface area contributed by atoms with Gasteiger partial charge in [-0.3, -0.25) is 4.90 Å². The van der Waals surface area contributed by atoms with E-state index in [0.717, 1.165) is 43.8 Å². The fourth-order valence-electron chi connectivity index (χ4n) is 2.37. The molecule has 0 radical (unpaired) electrons. The van der Waals surface area contributed by atoms with E-state index in [1.807, 2.05) is 13.8 Å². The Hall–Kier alpha value is -0.160. The Labute approximate surface area is 92.7 Å². The first-order valence-corrected chi connectivity index (χ1v) is 5.83. The van der Waals surface area contributed by atoms with Crippen LogP contribution < -0.4 is 0 Å². The van der Waals surface area contributed by atoms with E-state index in [0.29, 0.717) is 0 Å². The van der Waals surface area contributed by atoms with E-state index in [-0.39, 0.29) is 12.2 Å². The molecule has 0 aromatic carbocycles. The van der Waals surface area contributed by atoms with Gasteiger partial charge < -0.3 is 14.7 Å². The Morgan fingerprint density at radius 3 is 2.07 bits per heavy atom. The van der Waals surface area contributed by atoms with Gasteiger partial charge in [-0.1, -0.05) is 0 Å². The lowest BCUT2D eigenvalue weighted by Crippen LogP contribution is -2.59. The van der Waals surface area contributed by atoms with Crippen molar-refractivity contribution >= 4 is 0 Å². The van der Waals surface area contributed by atoms with Crippen LogP contribution in [0.3, 0.4) is 0 Å². The first-order valence-electron chi connectivity index (χ1n) is 5.83. The molecule has 0 spiro atoms. The van der Waals surface area contributed by atoms with Crippen molar-refractivity contribution in [1.82, 2.24) is 4.90 Å². The van der Waals surface area contributed by atoms with E-state index in [2.05, 4.69) is 11.9 Å². The molecule has 4 nitrogen and oxygen atoms in total. The van der Waals surface area contributed by atoms with Crippen molar-refractivity contribution in [2.45, 2.75) is 26.1 Å². The molecule has 1 heterocycles. The number of quaternary nitrogens is 1. The number of rotatable bonds is 4. The maximum Gasteiger partial charge on any atom is 0.105 e. The Morgan fingerprint density at radius 2 is 1.67 bits per heavy atom. The highest BCUT2D eigenvalue weighted by atomic mass is 16.3. The van der Waals surface area contributed by atoms with Crippen LogP contribution in [0.15, 0.2) is 0 Å². The summed E-state index contributed by atoms with van der Waals surface area (Å²) in [6, 6.07) is 0. The van der Waals surface area contributed by atoms with Crippen molar-refractivity contribution in [2.24, 2.45) is 0 Å². The molecule has 2 atom stereocenters. The molecule has 4 heteroatoms. The lowest BCUT2D eigenvalue weighted by atomic mass is 10.2. The number of β-amino-alcohol motifs (C(OH)–C–C–N with tert-alkyl or cyclic N) is 1. The number of nitrogens with zero attached hydrogens (tertiary/aromatic N) is 2. The highest BCUT2D eigenvalue weighted by molar-refractivity contribution is 4.66. The van der Waals surface area contributed by atoms with Crippen LogP contribution in [0.25, 0.3) is 0 Å². The summed E-state index contributed by atoms with van der Waals surface area (Å²) in [5, 5.41) is 18.7. The van der Waals surface area contributed by atoms with E-state index < -0.39 is 0 Å². The molecule has 1 rings (SSSR count). The van der Waals surface area contributed by atoms with E-state index in [9.17, 15) is 10.2 Å². The van der Waals surface area contributed by atoms with Crippen LogP contribution in [0, 0.1) is 0 Å². The predicted octanol–water partition coefficient (Wildman–Crippen LogP) is -0.490. The van der Waals surface area contributed by atoms with Gasteiger partial charge in [0, 0.05) is 19.6 Å². The first-order chi connectivity index (χ1) is 6.91. The molecule has 0 bridgehead atoms. The minimum absolute atomic E-state index is 0.224. The summed E-state index contributed by atoms with van der Waals surface area (Å²) in [6.45, 7) is 9.47. The molecule has 15 heavy (non-hydrogen) atoms. The van der Waals surface area contributed by atoms with E-state index in [1.54, 1.807) is 0 Å². The van der Waals surface area contributed by atoms with E-state index >= 15 is 0 Å². The number of aliphatic hydroxyl groups excluding tert-OH is 2. The number of piperazine rings is 1. The normalized spacial score (nSPS) is 26.2. The van der Waals surface area contributed by atoms with Gasteiger partial charge in [-0.05, 0) is 13.8 Å². The number of hydrogen-bond donors (Lipinski definition) is 2. The molecule has 0 saturated carbocycles. The van der Waals surface area contributed by atoms with Gasteiger partial charge in [0.05, 0.1) is 26.2 Å². The number of likely N-dealkylation sites (N-methyl/N-ethyl adjacent to an activating group) is 1. The van der Waals surface area contributed by atoms with Gasteiger partial charge >= 0.3 is 0 Å². The van der Waals surface area contributed by atoms with E-state index in [4.69, 9.17) is 0 Å². The fraction of sp³-hybridized carbons (Fsp3) is 1.00. The second-order valence-electron chi connectivity index (χ2n) is 5.25. The molecule has 2 unspecified atom stereocenters. The Balaban J connectivity index is 2.34. The van der Waals surface area contributed by atoms with Crippen LogP contribution in [0.2, 0.25) is 0 Å². The highest BCUT2D eigenvalue weighted by Crippen LogP contribution is 2.11. The van der Waals surface area contributed by atoms with Crippen molar-refractivity contribution in [3.63, 3.8) is 0 Å². The summed E-state index contributed by atoms with van der Waals surface area (Å²) < 4.78 is 0.952. The second-order valence-corrected chi connectivity index (χ2v) is 5.25. The summed E-state index contributed by atoms with van der Waals surface area (Å²) >= 11 is 0. The summed E-state index contributed by atoms with van der Waals surface area (Å²) in [5.74, 6) is 0. The van der Waals surface area contributed by atoms with Gasteiger partial charge in [0.1, 0.15) is 12.6 Å². The maximum atomic E-state index is 9.41. The quantitative estimate of drug-likeness (QED) is 0.625. The molecule has 1 aliphatic heterocycles. The van der Waals surface area contributed by atoms with Crippen LogP contribution in [0.5, 0.6) is 0 Å². The number of hydrogen-bond acceptors (Lipinski definition) is 3. The molecule has 0 amide bonds. The third-order valence-corrected chi connectivity index (χ3v) is 3.14. The van der Waals surface area contributed by atoms with Crippen LogP contribution in [-0.4, -0.2) is 78.1 Å². The average molecular weight is 217 g/mol. The zero-order valence-corrected chi connectivity index (χ0v) is 10.2. The van der Waals surface area contributed by atoms with Gasteiger partial charge in [-0.25, -0.2) is 0 Å². The Bertz CT molecular complexity index is 187. The summed E-state index contributed by atoms with van der Waals surface area (Å²) in [7, 11) is 2.20.